The molecule has 18 heavy (non-hydrogen) atoms. The average molecular weight is 250 g/mol. The van der Waals surface area contributed by atoms with Crippen LogP contribution in [-0.4, -0.2) is 38.3 Å². The summed E-state index contributed by atoms with van der Waals surface area (Å²) in [6.07, 6.45) is 1.04. The van der Waals surface area contributed by atoms with E-state index in [0.717, 1.165) is 19.6 Å². The summed E-state index contributed by atoms with van der Waals surface area (Å²) in [6, 6.07) is 8.86. The number of ether oxygens (including phenoxy) is 1. The van der Waals surface area contributed by atoms with Crippen molar-refractivity contribution in [2.45, 2.75) is 32.4 Å². The summed E-state index contributed by atoms with van der Waals surface area (Å²) in [4.78, 5) is 2.30. The number of methoxy groups -OCH3 is 1. The van der Waals surface area contributed by atoms with Crippen molar-refractivity contribution in [2.24, 2.45) is 5.73 Å². The number of hydrogen-bond donors (Lipinski definition) is 1. The minimum atomic E-state index is 0.0538. The van der Waals surface area contributed by atoms with E-state index in [1.54, 1.807) is 7.11 Å². The number of rotatable bonds is 7. The van der Waals surface area contributed by atoms with Crippen molar-refractivity contribution < 1.29 is 4.74 Å². The van der Waals surface area contributed by atoms with Crippen LogP contribution < -0.4 is 5.73 Å². The Morgan fingerprint density at radius 3 is 2.44 bits per heavy atom. The van der Waals surface area contributed by atoms with Crippen LogP contribution in [0.4, 0.5) is 0 Å². The summed E-state index contributed by atoms with van der Waals surface area (Å²) < 4.78 is 5.07. The lowest BCUT2D eigenvalue weighted by atomic mass is 9.99. The van der Waals surface area contributed by atoms with Gasteiger partial charge in [0.1, 0.15) is 0 Å². The largest absolute Gasteiger partial charge is 0.385 e. The number of benzene rings is 1. The lowest BCUT2D eigenvalue weighted by Crippen LogP contribution is -2.39. The second-order valence-electron chi connectivity index (χ2n) is 5.00. The lowest BCUT2D eigenvalue weighted by Gasteiger charge is -2.30. The van der Waals surface area contributed by atoms with Crippen LogP contribution in [0.3, 0.4) is 0 Å². The number of aryl methyl sites for hydroxylation is 1. The minimum Gasteiger partial charge on any atom is -0.385 e. The lowest BCUT2D eigenvalue weighted by molar-refractivity contribution is 0.161. The fraction of sp³-hybridized carbons (Fsp3) is 0.600. The van der Waals surface area contributed by atoms with Gasteiger partial charge in [-0.2, -0.15) is 0 Å². The Balaban J connectivity index is 2.54. The van der Waals surface area contributed by atoms with Gasteiger partial charge in [-0.3, -0.25) is 0 Å². The standard InChI is InChI=1S/C15H26N2O/c1-12-6-8-14(9-7-12)15(16)13(2)17(3)10-5-11-18-4/h6-9,13,15H,5,10-11,16H2,1-4H3. The zero-order chi connectivity index (χ0) is 13.5. The highest BCUT2D eigenvalue weighted by Crippen LogP contribution is 2.18. The predicted octanol–water partition coefficient (Wildman–Crippen LogP) is 2.35. The molecule has 2 atom stereocenters. The smallest absolute Gasteiger partial charge is 0.0474 e. The van der Waals surface area contributed by atoms with Gasteiger partial charge < -0.3 is 15.4 Å². The molecule has 3 nitrogen and oxygen atoms in total. The van der Waals surface area contributed by atoms with Crippen molar-refractivity contribution in [3.05, 3.63) is 35.4 Å². The molecule has 0 bridgehead atoms. The third-order valence-corrected chi connectivity index (χ3v) is 3.54. The van der Waals surface area contributed by atoms with Crippen molar-refractivity contribution in [3.8, 4) is 0 Å². The highest BCUT2D eigenvalue weighted by atomic mass is 16.5. The number of hydrogen-bond acceptors (Lipinski definition) is 3. The molecule has 3 heteroatoms. The van der Waals surface area contributed by atoms with E-state index in [2.05, 4.69) is 50.1 Å². The summed E-state index contributed by atoms with van der Waals surface area (Å²) in [5.41, 5.74) is 8.79. The van der Waals surface area contributed by atoms with Gasteiger partial charge in [0.15, 0.2) is 0 Å². The fourth-order valence-corrected chi connectivity index (χ4v) is 2.00. The summed E-state index contributed by atoms with van der Waals surface area (Å²) in [7, 11) is 3.86. The van der Waals surface area contributed by atoms with Crippen LogP contribution >= 0.6 is 0 Å². The fourth-order valence-electron chi connectivity index (χ4n) is 2.00. The molecule has 0 saturated carbocycles. The molecule has 0 saturated heterocycles. The third-order valence-electron chi connectivity index (χ3n) is 3.54. The van der Waals surface area contributed by atoms with Crippen LogP contribution in [0, 0.1) is 6.92 Å². The minimum absolute atomic E-state index is 0.0538. The van der Waals surface area contributed by atoms with E-state index in [1.807, 2.05) is 0 Å². The average Bonchev–Trinajstić information content (AvgIpc) is 2.38. The molecule has 0 aliphatic heterocycles. The summed E-state index contributed by atoms with van der Waals surface area (Å²) in [6.45, 7) is 6.08. The van der Waals surface area contributed by atoms with E-state index < -0.39 is 0 Å². The Morgan fingerprint density at radius 2 is 1.89 bits per heavy atom. The molecule has 0 spiro atoms. The van der Waals surface area contributed by atoms with Crippen molar-refractivity contribution in [1.29, 1.82) is 0 Å². The Labute approximate surface area is 111 Å². The molecule has 0 radical (unpaired) electrons. The van der Waals surface area contributed by atoms with Gasteiger partial charge in [0.25, 0.3) is 0 Å². The molecular formula is C15H26N2O. The second-order valence-corrected chi connectivity index (χ2v) is 5.00. The number of likely N-dealkylation sites (N-methyl/N-ethyl adjacent to an activating group) is 1. The highest BCUT2D eigenvalue weighted by molar-refractivity contribution is 5.24. The van der Waals surface area contributed by atoms with Crippen molar-refractivity contribution in [1.82, 2.24) is 4.90 Å². The van der Waals surface area contributed by atoms with Crippen molar-refractivity contribution in [2.75, 3.05) is 27.3 Å². The van der Waals surface area contributed by atoms with E-state index in [1.165, 1.54) is 11.1 Å². The molecule has 0 amide bonds. The molecule has 102 valence electrons. The maximum atomic E-state index is 6.32. The van der Waals surface area contributed by atoms with Crippen LogP contribution in [0.2, 0.25) is 0 Å². The van der Waals surface area contributed by atoms with Crippen LogP contribution in [0.25, 0.3) is 0 Å². The molecule has 1 rings (SSSR count). The molecule has 0 aromatic heterocycles. The molecular weight excluding hydrogens is 224 g/mol. The molecule has 2 N–H and O–H groups in total. The van der Waals surface area contributed by atoms with Gasteiger partial charge in [-0.05, 0) is 32.9 Å². The maximum Gasteiger partial charge on any atom is 0.0474 e. The first-order valence-corrected chi connectivity index (χ1v) is 6.57. The Hall–Kier alpha value is -0.900. The van der Waals surface area contributed by atoms with Crippen LogP contribution in [0.15, 0.2) is 24.3 Å². The van der Waals surface area contributed by atoms with Crippen molar-refractivity contribution >= 4 is 0 Å². The second kappa shape index (κ2) is 7.52. The van der Waals surface area contributed by atoms with Gasteiger partial charge in [0.05, 0.1) is 0 Å². The first-order chi connectivity index (χ1) is 8.56. The highest BCUT2D eigenvalue weighted by Gasteiger charge is 2.18. The Kier molecular flexibility index (Phi) is 6.33. The van der Waals surface area contributed by atoms with Gasteiger partial charge in [0, 0.05) is 32.3 Å². The van der Waals surface area contributed by atoms with Crippen LogP contribution in [0.1, 0.15) is 30.5 Å². The maximum absolute atomic E-state index is 6.32. The molecule has 0 heterocycles. The van der Waals surface area contributed by atoms with Gasteiger partial charge in [0.2, 0.25) is 0 Å². The van der Waals surface area contributed by atoms with E-state index in [4.69, 9.17) is 10.5 Å². The zero-order valence-corrected chi connectivity index (χ0v) is 12.0. The normalized spacial score (nSPS) is 14.8. The molecule has 1 aromatic carbocycles. The van der Waals surface area contributed by atoms with Gasteiger partial charge in [-0.15, -0.1) is 0 Å². The summed E-state index contributed by atoms with van der Waals surface area (Å²) in [5, 5.41) is 0. The van der Waals surface area contributed by atoms with E-state index in [-0.39, 0.29) is 6.04 Å². The topological polar surface area (TPSA) is 38.5 Å². The monoisotopic (exact) mass is 250 g/mol. The first-order valence-electron chi connectivity index (χ1n) is 6.57. The first kappa shape index (κ1) is 15.2. The summed E-state index contributed by atoms with van der Waals surface area (Å²) in [5.74, 6) is 0. The van der Waals surface area contributed by atoms with E-state index >= 15 is 0 Å². The van der Waals surface area contributed by atoms with Crippen LogP contribution in [-0.2, 0) is 4.74 Å². The Morgan fingerprint density at radius 1 is 1.28 bits per heavy atom. The predicted molar refractivity (Wildman–Crippen MR) is 76.7 cm³/mol. The quantitative estimate of drug-likeness (QED) is 0.755. The molecule has 1 aromatic rings. The third kappa shape index (κ3) is 4.41. The van der Waals surface area contributed by atoms with Gasteiger partial charge in [-0.1, -0.05) is 29.8 Å². The van der Waals surface area contributed by atoms with Gasteiger partial charge >= 0.3 is 0 Å². The van der Waals surface area contributed by atoms with Gasteiger partial charge in [-0.25, -0.2) is 0 Å². The Bertz CT molecular complexity index is 337. The number of nitrogens with zero attached hydrogens (tertiary/aromatic N) is 1. The van der Waals surface area contributed by atoms with Crippen LogP contribution in [0.5, 0.6) is 0 Å². The zero-order valence-electron chi connectivity index (χ0n) is 12.0. The van der Waals surface area contributed by atoms with E-state index in [9.17, 15) is 0 Å². The molecule has 0 aliphatic carbocycles. The SMILES string of the molecule is COCCCN(C)C(C)C(N)c1ccc(C)cc1. The number of nitrogens with two attached hydrogens (primary N) is 1. The molecule has 0 aliphatic rings. The molecule has 2 unspecified atom stereocenters. The van der Waals surface area contributed by atoms with E-state index in [0.29, 0.717) is 6.04 Å². The van der Waals surface area contributed by atoms with Crippen molar-refractivity contribution in [3.63, 3.8) is 0 Å². The summed E-state index contributed by atoms with van der Waals surface area (Å²) >= 11 is 0. The molecule has 0 fully saturated rings.